The van der Waals surface area contributed by atoms with Gasteiger partial charge in [-0.2, -0.15) is 0 Å². The van der Waals surface area contributed by atoms with Crippen molar-refractivity contribution in [3.63, 3.8) is 0 Å². The first-order valence-electron chi connectivity index (χ1n) is 7.60. The molecule has 0 saturated carbocycles. The molecule has 1 heterocycles. The Morgan fingerprint density at radius 3 is 2.39 bits per heavy atom. The predicted molar refractivity (Wildman–Crippen MR) is 104 cm³/mol. The summed E-state index contributed by atoms with van der Waals surface area (Å²) in [4.78, 5) is 14.7. The minimum atomic E-state index is -5.81. The molecule has 0 spiro atoms. The van der Waals surface area contributed by atoms with Crippen LogP contribution in [0.2, 0.25) is 0 Å². The Hall–Kier alpha value is -2.12. The fraction of sp³-hybridized carbons (Fsp3) is 0.118. The molecule has 0 atom stereocenters. The van der Waals surface area contributed by atoms with Gasteiger partial charge < -0.3 is 0 Å². The zero-order valence-corrected chi connectivity index (χ0v) is 17.1. The molecule has 3 aromatic rings. The second-order valence-corrected chi connectivity index (χ2v) is 11.8. The standard InChI is InChI=1S/C17H13F3INO5S/c1-26-16(23)11-7-8-15-13(9-11)14(10-22-15)21(12-5-3-2-4-6-12)27-28(24,25)17(18,19)20/h2-10,22H,1H3. The second-order valence-electron chi connectivity index (χ2n) is 5.40. The third-order valence-corrected chi connectivity index (χ3v) is 10.8. The van der Waals surface area contributed by atoms with Crippen LogP contribution in [0.3, 0.4) is 0 Å². The van der Waals surface area contributed by atoms with Gasteiger partial charge in [0.1, 0.15) is 0 Å². The number of fused-ring (bicyclic) bond motifs is 1. The topological polar surface area (TPSA) is 85.5 Å². The molecule has 1 N–H and O–H groups in total. The van der Waals surface area contributed by atoms with Crippen molar-refractivity contribution in [3.05, 3.63) is 67.4 Å². The van der Waals surface area contributed by atoms with Gasteiger partial charge in [-0.25, -0.2) is 0 Å². The maximum atomic E-state index is 12.9. The second kappa shape index (κ2) is 7.72. The summed E-state index contributed by atoms with van der Waals surface area (Å²) in [6.45, 7) is 0. The van der Waals surface area contributed by atoms with E-state index >= 15 is 0 Å². The van der Waals surface area contributed by atoms with Gasteiger partial charge in [0.15, 0.2) is 0 Å². The first-order chi connectivity index (χ1) is 13.1. The van der Waals surface area contributed by atoms with Gasteiger partial charge >= 0.3 is 166 Å². The molecule has 2 aromatic carbocycles. The van der Waals surface area contributed by atoms with Crippen LogP contribution in [0.15, 0.2) is 54.7 Å². The van der Waals surface area contributed by atoms with Crippen LogP contribution in [-0.4, -0.2) is 32.0 Å². The van der Waals surface area contributed by atoms with Gasteiger partial charge in [0.25, 0.3) is 0 Å². The van der Waals surface area contributed by atoms with Crippen LogP contribution in [0.1, 0.15) is 10.4 Å². The molecule has 0 aliphatic rings. The molecule has 11 heteroatoms. The van der Waals surface area contributed by atoms with Crippen LogP contribution in [0.5, 0.6) is 0 Å². The fourth-order valence-corrected chi connectivity index (χ4v) is 9.07. The number of H-pyrrole nitrogens is 1. The average Bonchev–Trinajstić information content (AvgIpc) is 3.08. The van der Waals surface area contributed by atoms with Crippen LogP contribution < -0.4 is 0 Å². The number of esters is 1. The van der Waals surface area contributed by atoms with Gasteiger partial charge in [0, 0.05) is 0 Å². The van der Waals surface area contributed by atoms with Crippen molar-refractivity contribution in [1.82, 2.24) is 4.98 Å². The summed E-state index contributed by atoms with van der Waals surface area (Å²) in [6.07, 6.45) is 1.41. The Morgan fingerprint density at radius 2 is 1.79 bits per heavy atom. The zero-order chi connectivity index (χ0) is 20.5. The summed E-state index contributed by atoms with van der Waals surface area (Å²) in [6, 6.07) is 12.3. The van der Waals surface area contributed by atoms with Gasteiger partial charge in [-0.15, -0.1) is 0 Å². The van der Waals surface area contributed by atoms with Crippen molar-refractivity contribution in [2.45, 2.75) is 5.51 Å². The monoisotopic (exact) mass is 527 g/mol. The summed E-state index contributed by atoms with van der Waals surface area (Å²) in [5.41, 5.74) is -4.84. The van der Waals surface area contributed by atoms with Gasteiger partial charge in [-0.05, 0) is 0 Å². The van der Waals surface area contributed by atoms with E-state index in [1.165, 1.54) is 37.6 Å². The molecule has 150 valence electrons. The van der Waals surface area contributed by atoms with E-state index in [9.17, 15) is 26.4 Å². The van der Waals surface area contributed by atoms with E-state index in [1.54, 1.807) is 24.3 Å². The number of carbonyl (C=O) groups is 1. The molecule has 0 bridgehead atoms. The molecular weight excluding hydrogens is 514 g/mol. The number of alkyl halides is 3. The molecular formula is C17H13F3INO5S. The molecule has 6 nitrogen and oxygen atoms in total. The number of aromatic nitrogens is 1. The zero-order valence-electron chi connectivity index (χ0n) is 14.2. The number of rotatable bonds is 5. The molecule has 0 aliphatic heterocycles. The predicted octanol–water partition coefficient (Wildman–Crippen LogP) is 4.28. The number of methoxy groups -OCH3 is 1. The average molecular weight is 527 g/mol. The Bertz CT molecular complexity index is 1110. The summed E-state index contributed by atoms with van der Waals surface area (Å²) in [5.74, 6) is -0.627. The number of hydrogen-bond donors (Lipinski definition) is 1. The third kappa shape index (κ3) is 4.00. The number of aromatic amines is 1. The van der Waals surface area contributed by atoms with Gasteiger partial charge in [-0.3, -0.25) is 0 Å². The SMILES string of the molecule is COC(=O)c1ccc2[nH]cc(I(OS(=O)(=O)C(F)(F)F)c3ccccc3)c2c1. The van der Waals surface area contributed by atoms with Crippen molar-refractivity contribution in [2.75, 3.05) is 7.11 Å². The molecule has 0 saturated heterocycles. The van der Waals surface area contributed by atoms with E-state index in [0.29, 0.717) is 14.5 Å². The van der Waals surface area contributed by atoms with Gasteiger partial charge in [-0.1, -0.05) is 0 Å². The molecule has 0 fully saturated rings. The van der Waals surface area contributed by atoms with Crippen LogP contribution in [0.25, 0.3) is 10.9 Å². The number of hydrogen-bond acceptors (Lipinski definition) is 5. The van der Waals surface area contributed by atoms with Gasteiger partial charge in [0.05, 0.1) is 0 Å². The van der Waals surface area contributed by atoms with Crippen molar-refractivity contribution in [3.8, 4) is 0 Å². The van der Waals surface area contributed by atoms with Crippen LogP contribution in [-0.2, 0) is 17.4 Å². The van der Waals surface area contributed by atoms with E-state index in [-0.39, 0.29) is 9.13 Å². The quantitative estimate of drug-likeness (QED) is 0.304. The Labute approximate surface area is 165 Å². The van der Waals surface area contributed by atoms with Crippen molar-refractivity contribution in [2.24, 2.45) is 0 Å². The van der Waals surface area contributed by atoms with E-state index in [1.807, 2.05) is 0 Å². The number of benzene rings is 2. The van der Waals surface area contributed by atoms with Crippen molar-refractivity contribution in [1.29, 1.82) is 0 Å². The number of nitrogens with one attached hydrogen (secondary N) is 1. The summed E-state index contributed by atoms with van der Waals surface area (Å²) in [5, 5.41) is 0.398. The molecule has 28 heavy (non-hydrogen) atoms. The Kier molecular flexibility index (Phi) is 5.68. The van der Waals surface area contributed by atoms with Crippen LogP contribution >= 0.6 is 20.2 Å². The van der Waals surface area contributed by atoms with Crippen molar-refractivity contribution < 1.29 is 33.6 Å². The molecule has 0 unspecified atom stereocenters. The van der Waals surface area contributed by atoms with Crippen molar-refractivity contribution >= 4 is 47.2 Å². The van der Waals surface area contributed by atoms with E-state index in [2.05, 4.69) is 9.72 Å². The number of halogens is 4. The van der Waals surface area contributed by atoms with Gasteiger partial charge in [0.2, 0.25) is 0 Å². The van der Waals surface area contributed by atoms with E-state index in [4.69, 9.17) is 2.51 Å². The van der Waals surface area contributed by atoms with E-state index < -0.39 is 41.8 Å². The minimum absolute atomic E-state index is 0.179. The Morgan fingerprint density at radius 1 is 1.11 bits per heavy atom. The number of carbonyl (C=O) groups excluding carboxylic acids is 1. The molecule has 0 aliphatic carbocycles. The molecule has 0 radical (unpaired) electrons. The van der Waals surface area contributed by atoms with E-state index in [0.717, 1.165) is 0 Å². The fourth-order valence-electron chi connectivity index (χ4n) is 2.31. The summed E-state index contributed by atoms with van der Waals surface area (Å²) < 4.78 is 72.2. The maximum absolute atomic E-state index is 12.9. The first kappa shape index (κ1) is 20.6. The third-order valence-electron chi connectivity index (χ3n) is 3.60. The summed E-state index contributed by atoms with van der Waals surface area (Å²) in [7, 11) is -4.61. The van der Waals surface area contributed by atoms with Crippen LogP contribution in [0.4, 0.5) is 13.2 Å². The first-order valence-corrected chi connectivity index (χ1v) is 12.0. The molecule has 1 aromatic heterocycles. The Balaban J connectivity index is 2.17. The van der Waals surface area contributed by atoms with Crippen LogP contribution in [0, 0.1) is 7.14 Å². The normalized spacial score (nSPS) is 12.8. The molecule has 3 rings (SSSR count). The summed E-state index contributed by atoms with van der Waals surface area (Å²) >= 11 is -3.55. The molecule has 0 amide bonds. The number of ether oxygens (including phenoxy) is 1.